The summed E-state index contributed by atoms with van der Waals surface area (Å²) in [5.41, 5.74) is 6.48. The topological polar surface area (TPSA) is 83.8 Å². The summed E-state index contributed by atoms with van der Waals surface area (Å²) >= 11 is 7.47. The summed E-state index contributed by atoms with van der Waals surface area (Å²) in [6.45, 7) is 5.51. The monoisotopic (exact) mass is 443 g/mol. The zero-order valence-electron chi connectivity index (χ0n) is 17.1. The van der Waals surface area contributed by atoms with Crippen LogP contribution in [0.3, 0.4) is 0 Å². The Balaban J connectivity index is 1.69. The number of thiazole rings is 1. The molecule has 3 aromatic rings. The van der Waals surface area contributed by atoms with E-state index in [1.807, 2.05) is 26.8 Å². The quantitative estimate of drug-likeness (QED) is 0.423. The lowest BCUT2D eigenvalue weighted by atomic mass is 10.1. The molecule has 0 aliphatic carbocycles. The van der Waals surface area contributed by atoms with Crippen molar-refractivity contribution < 1.29 is 14.6 Å². The van der Waals surface area contributed by atoms with Gasteiger partial charge in [0, 0.05) is 9.90 Å². The molecule has 0 radical (unpaired) electrons. The number of nitrogens with one attached hydrogen (secondary N) is 1. The first-order valence-corrected chi connectivity index (χ1v) is 10.4. The molecule has 8 heteroatoms. The van der Waals surface area contributed by atoms with Crippen LogP contribution in [0, 0.1) is 20.8 Å². The second-order valence-electron chi connectivity index (χ2n) is 6.85. The minimum Gasteiger partial charge on any atom is -0.507 e. The van der Waals surface area contributed by atoms with Gasteiger partial charge in [-0.25, -0.2) is 10.4 Å². The van der Waals surface area contributed by atoms with E-state index in [1.54, 1.807) is 37.6 Å². The zero-order valence-corrected chi connectivity index (χ0v) is 18.7. The number of hydrazone groups is 1. The van der Waals surface area contributed by atoms with Crippen molar-refractivity contribution in [3.8, 4) is 22.1 Å². The maximum absolute atomic E-state index is 12.3. The summed E-state index contributed by atoms with van der Waals surface area (Å²) in [5, 5.41) is 15.2. The Morgan fingerprint density at radius 2 is 1.97 bits per heavy atom. The van der Waals surface area contributed by atoms with Crippen LogP contribution in [-0.4, -0.2) is 29.3 Å². The minimum atomic E-state index is -0.236. The smallest absolute Gasteiger partial charge is 0.245 e. The number of rotatable bonds is 6. The van der Waals surface area contributed by atoms with Crippen molar-refractivity contribution in [3.63, 3.8) is 0 Å². The number of phenols is 1. The second kappa shape index (κ2) is 9.28. The summed E-state index contributed by atoms with van der Waals surface area (Å²) in [4.78, 5) is 17.8. The van der Waals surface area contributed by atoms with Gasteiger partial charge in [0.25, 0.3) is 0 Å². The molecule has 1 aromatic heterocycles. The van der Waals surface area contributed by atoms with E-state index in [1.165, 1.54) is 11.3 Å². The molecule has 1 heterocycles. The van der Waals surface area contributed by atoms with Crippen molar-refractivity contribution in [2.24, 2.45) is 5.10 Å². The summed E-state index contributed by atoms with van der Waals surface area (Å²) in [6, 6.07) is 8.98. The van der Waals surface area contributed by atoms with E-state index in [2.05, 4.69) is 15.5 Å². The van der Waals surface area contributed by atoms with Crippen molar-refractivity contribution in [1.82, 2.24) is 10.4 Å². The molecule has 1 amide bonds. The second-order valence-corrected chi connectivity index (χ2v) is 8.37. The molecule has 2 aromatic carbocycles. The third-order valence-electron chi connectivity index (χ3n) is 4.52. The van der Waals surface area contributed by atoms with Crippen LogP contribution in [0.1, 0.15) is 27.3 Å². The average Bonchev–Trinajstić information content (AvgIpc) is 3.05. The molecule has 0 aliphatic heterocycles. The number of ether oxygens (including phenoxy) is 1. The number of hydrogen-bond acceptors (Lipinski definition) is 6. The minimum absolute atomic E-state index is 0.171. The third-order valence-corrected chi connectivity index (χ3v) is 5.95. The molecule has 30 heavy (non-hydrogen) atoms. The number of aryl methyl sites for hydroxylation is 3. The standard InChI is InChI=1S/C22H22ClN3O3S/c1-12-7-15(8-13(2)21(12)28)11-24-26-20(27)10-19-14(3)25-22(30-19)17-6-5-16(23)9-18(17)29-4/h5-9,11,28H,10H2,1-4H3,(H,26,27)/b24-11+. The van der Waals surface area contributed by atoms with Gasteiger partial charge >= 0.3 is 0 Å². The number of aromatic nitrogens is 1. The van der Waals surface area contributed by atoms with Gasteiger partial charge in [0.1, 0.15) is 16.5 Å². The highest BCUT2D eigenvalue weighted by molar-refractivity contribution is 7.15. The van der Waals surface area contributed by atoms with Gasteiger partial charge in [-0.3, -0.25) is 4.79 Å². The number of halogens is 1. The van der Waals surface area contributed by atoms with Gasteiger partial charge in [0.05, 0.1) is 31.0 Å². The Labute approximate surface area is 184 Å². The van der Waals surface area contributed by atoms with Gasteiger partial charge in [-0.2, -0.15) is 5.10 Å². The molecule has 0 aliphatic rings. The molecule has 6 nitrogen and oxygen atoms in total. The Hall–Kier alpha value is -2.90. The summed E-state index contributed by atoms with van der Waals surface area (Å²) in [6.07, 6.45) is 1.73. The van der Waals surface area contributed by atoms with Gasteiger partial charge in [0.2, 0.25) is 5.91 Å². The molecule has 156 valence electrons. The van der Waals surface area contributed by atoms with Crippen LogP contribution in [0.15, 0.2) is 35.4 Å². The molecule has 2 N–H and O–H groups in total. The number of hydrogen-bond donors (Lipinski definition) is 2. The number of phenolic OH excluding ortho intramolecular Hbond substituents is 1. The number of amides is 1. The highest BCUT2D eigenvalue weighted by atomic mass is 35.5. The molecule has 0 unspecified atom stereocenters. The predicted octanol–water partition coefficient (Wildman–Crippen LogP) is 4.80. The normalized spacial score (nSPS) is 11.1. The fourth-order valence-corrected chi connectivity index (χ4v) is 4.23. The first-order chi connectivity index (χ1) is 14.3. The Kier molecular flexibility index (Phi) is 6.74. The molecule has 0 fully saturated rings. The molecule has 0 spiro atoms. The first-order valence-electron chi connectivity index (χ1n) is 9.20. The van der Waals surface area contributed by atoms with Crippen LogP contribution in [0.5, 0.6) is 11.5 Å². The van der Waals surface area contributed by atoms with E-state index in [0.29, 0.717) is 10.8 Å². The average molecular weight is 444 g/mol. The lowest BCUT2D eigenvalue weighted by Crippen LogP contribution is -2.19. The number of methoxy groups -OCH3 is 1. The maximum Gasteiger partial charge on any atom is 0.245 e. The lowest BCUT2D eigenvalue weighted by Gasteiger charge is -2.05. The fourth-order valence-electron chi connectivity index (χ4n) is 2.98. The Bertz CT molecular complexity index is 1100. The largest absolute Gasteiger partial charge is 0.507 e. The van der Waals surface area contributed by atoms with Crippen molar-refractivity contribution >= 4 is 35.1 Å². The summed E-state index contributed by atoms with van der Waals surface area (Å²) < 4.78 is 5.40. The third kappa shape index (κ3) is 4.98. The summed E-state index contributed by atoms with van der Waals surface area (Å²) in [5.74, 6) is 0.668. The van der Waals surface area contributed by atoms with Gasteiger partial charge < -0.3 is 9.84 Å². The van der Waals surface area contributed by atoms with Crippen LogP contribution in [-0.2, 0) is 11.2 Å². The fraction of sp³-hybridized carbons (Fsp3) is 0.227. The van der Waals surface area contributed by atoms with Crippen LogP contribution >= 0.6 is 22.9 Å². The number of nitrogens with zero attached hydrogens (tertiary/aromatic N) is 2. The molecular weight excluding hydrogens is 422 g/mol. The molecule has 0 atom stereocenters. The van der Waals surface area contributed by atoms with E-state index >= 15 is 0 Å². The number of carbonyl (C=O) groups excluding carboxylic acids is 1. The maximum atomic E-state index is 12.3. The molecule has 0 bridgehead atoms. The van der Waals surface area contributed by atoms with Crippen molar-refractivity contribution in [2.45, 2.75) is 27.2 Å². The molecular formula is C22H22ClN3O3S. The number of carbonyl (C=O) groups is 1. The SMILES string of the molecule is COc1cc(Cl)ccc1-c1nc(C)c(CC(=O)N/N=C/c2cc(C)c(O)c(C)c2)s1. The number of aromatic hydroxyl groups is 1. The van der Waals surface area contributed by atoms with Crippen LogP contribution < -0.4 is 10.2 Å². The van der Waals surface area contributed by atoms with Crippen molar-refractivity contribution in [3.05, 3.63) is 62.6 Å². The summed E-state index contributed by atoms with van der Waals surface area (Å²) in [7, 11) is 1.58. The van der Waals surface area contributed by atoms with Gasteiger partial charge in [-0.15, -0.1) is 11.3 Å². The van der Waals surface area contributed by atoms with E-state index < -0.39 is 0 Å². The van der Waals surface area contributed by atoms with E-state index in [4.69, 9.17) is 16.3 Å². The van der Waals surface area contributed by atoms with E-state index in [-0.39, 0.29) is 18.1 Å². The van der Waals surface area contributed by atoms with Crippen LogP contribution in [0.2, 0.25) is 5.02 Å². The van der Waals surface area contributed by atoms with Gasteiger partial charge in [0.15, 0.2) is 0 Å². The Morgan fingerprint density at radius 3 is 2.63 bits per heavy atom. The zero-order chi connectivity index (χ0) is 21.8. The van der Waals surface area contributed by atoms with Gasteiger partial charge in [-0.05, 0) is 67.8 Å². The predicted molar refractivity (Wildman–Crippen MR) is 121 cm³/mol. The Morgan fingerprint density at radius 1 is 1.27 bits per heavy atom. The number of benzene rings is 2. The van der Waals surface area contributed by atoms with Gasteiger partial charge in [-0.1, -0.05) is 11.6 Å². The van der Waals surface area contributed by atoms with E-state index in [9.17, 15) is 9.90 Å². The van der Waals surface area contributed by atoms with Crippen molar-refractivity contribution in [2.75, 3.05) is 7.11 Å². The molecule has 3 rings (SSSR count). The highest BCUT2D eigenvalue weighted by Gasteiger charge is 2.16. The van der Waals surface area contributed by atoms with Crippen LogP contribution in [0.25, 0.3) is 10.6 Å². The first kappa shape index (κ1) is 21.8. The highest BCUT2D eigenvalue weighted by Crippen LogP contribution is 2.36. The van der Waals surface area contributed by atoms with Crippen LogP contribution in [0.4, 0.5) is 0 Å². The molecule has 0 saturated heterocycles. The molecule has 0 saturated carbocycles. The van der Waals surface area contributed by atoms with E-state index in [0.717, 1.165) is 37.8 Å². The lowest BCUT2D eigenvalue weighted by molar-refractivity contribution is -0.120. The van der Waals surface area contributed by atoms with Crippen molar-refractivity contribution in [1.29, 1.82) is 0 Å².